The maximum absolute atomic E-state index is 5.43. The summed E-state index contributed by atoms with van der Waals surface area (Å²) in [7, 11) is 0. The predicted molar refractivity (Wildman–Crippen MR) is 65.4 cm³/mol. The van der Waals surface area contributed by atoms with Crippen molar-refractivity contribution in [2.45, 2.75) is 33.1 Å². The van der Waals surface area contributed by atoms with Crippen molar-refractivity contribution >= 4 is 5.95 Å². The van der Waals surface area contributed by atoms with Gasteiger partial charge >= 0.3 is 0 Å². The molecule has 1 aliphatic carbocycles. The standard InChI is InChI=1S/C12H20N4/c1-12(2)4-3-10-9(7-12)8-15-11(16-10)14-6-5-13/h8H,3-7,13H2,1-2H3,(H,14,15,16). The van der Waals surface area contributed by atoms with Crippen LogP contribution in [0.3, 0.4) is 0 Å². The van der Waals surface area contributed by atoms with E-state index in [1.165, 1.54) is 17.7 Å². The van der Waals surface area contributed by atoms with E-state index in [0.29, 0.717) is 17.9 Å². The Morgan fingerprint density at radius 1 is 1.50 bits per heavy atom. The molecule has 0 aromatic carbocycles. The van der Waals surface area contributed by atoms with Crippen LogP contribution in [0.2, 0.25) is 0 Å². The number of fused-ring (bicyclic) bond motifs is 1. The summed E-state index contributed by atoms with van der Waals surface area (Å²) in [6.45, 7) is 5.94. The van der Waals surface area contributed by atoms with Crippen molar-refractivity contribution in [3.8, 4) is 0 Å². The molecule has 0 atom stereocenters. The Morgan fingerprint density at radius 2 is 2.31 bits per heavy atom. The molecular formula is C12H20N4. The van der Waals surface area contributed by atoms with Gasteiger partial charge in [-0.1, -0.05) is 13.8 Å². The molecule has 0 fully saturated rings. The van der Waals surface area contributed by atoms with Crippen LogP contribution in [0.15, 0.2) is 6.20 Å². The third-order valence-corrected chi connectivity index (χ3v) is 3.09. The first-order valence-electron chi connectivity index (χ1n) is 5.89. The van der Waals surface area contributed by atoms with E-state index in [4.69, 9.17) is 5.73 Å². The lowest BCUT2D eigenvalue weighted by atomic mass is 9.76. The first kappa shape index (κ1) is 11.3. The van der Waals surface area contributed by atoms with Crippen LogP contribution in [0.4, 0.5) is 5.95 Å². The zero-order valence-electron chi connectivity index (χ0n) is 10.1. The van der Waals surface area contributed by atoms with E-state index in [-0.39, 0.29) is 0 Å². The zero-order valence-corrected chi connectivity index (χ0v) is 10.1. The molecule has 0 saturated heterocycles. The van der Waals surface area contributed by atoms with Crippen molar-refractivity contribution in [2.75, 3.05) is 18.4 Å². The molecule has 4 nitrogen and oxygen atoms in total. The fourth-order valence-corrected chi connectivity index (χ4v) is 2.14. The van der Waals surface area contributed by atoms with E-state index in [1.807, 2.05) is 6.20 Å². The molecule has 88 valence electrons. The summed E-state index contributed by atoms with van der Waals surface area (Å²) >= 11 is 0. The maximum Gasteiger partial charge on any atom is 0.222 e. The van der Waals surface area contributed by atoms with Gasteiger partial charge in [0.05, 0.1) is 0 Å². The molecule has 0 bridgehead atoms. The van der Waals surface area contributed by atoms with E-state index >= 15 is 0 Å². The number of anilines is 1. The monoisotopic (exact) mass is 220 g/mol. The van der Waals surface area contributed by atoms with E-state index < -0.39 is 0 Å². The molecule has 0 aliphatic heterocycles. The Kier molecular flexibility index (Phi) is 3.10. The van der Waals surface area contributed by atoms with Crippen LogP contribution < -0.4 is 11.1 Å². The molecule has 4 heteroatoms. The summed E-state index contributed by atoms with van der Waals surface area (Å²) in [4.78, 5) is 8.86. The first-order chi connectivity index (χ1) is 7.61. The Hall–Kier alpha value is -1.16. The lowest BCUT2D eigenvalue weighted by Crippen LogP contribution is -2.24. The second-order valence-electron chi connectivity index (χ2n) is 5.22. The number of aryl methyl sites for hydroxylation is 1. The van der Waals surface area contributed by atoms with E-state index in [1.54, 1.807) is 0 Å². The average Bonchev–Trinajstić information content (AvgIpc) is 2.25. The highest BCUT2D eigenvalue weighted by atomic mass is 15.1. The quantitative estimate of drug-likeness (QED) is 0.807. The van der Waals surface area contributed by atoms with Crippen LogP contribution in [-0.2, 0) is 12.8 Å². The second kappa shape index (κ2) is 4.37. The van der Waals surface area contributed by atoms with Crippen LogP contribution in [-0.4, -0.2) is 23.1 Å². The molecule has 1 heterocycles. The van der Waals surface area contributed by atoms with Crippen LogP contribution >= 0.6 is 0 Å². The molecule has 1 aliphatic rings. The van der Waals surface area contributed by atoms with Crippen molar-refractivity contribution in [1.29, 1.82) is 0 Å². The third-order valence-electron chi connectivity index (χ3n) is 3.09. The molecule has 0 saturated carbocycles. The van der Waals surface area contributed by atoms with Gasteiger partial charge in [0.15, 0.2) is 0 Å². The molecule has 2 rings (SSSR count). The predicted octanol–water partition coefficient (Wildman–Crippen LogP) is 1.36. The van der Waals surface area contributed by atoms with Crippen LogP contribution in [0.5, 0.6) is 0 Å². The summed E-state index contributed by atoms with van der Waals surface area (Å²) in [6, 6.07) is 0. The topological polar surface area (TPSA) is 63.8 Å². The smallest absolute Gasteiger partial charge is 0.222 e. The van der Waals surface area contributed by atoms with Crippen molar-refractivity contribution in [2.24, 2.45) is 11.1 Å². The Balaban J connectivity index is 2.15. The summed E-state index contributed by atoms with van der Waals surface area (Å²) in [5.74, 6) is 0.712. The van der Waals surface area contributed by atoms with Crippen LogP contribution in [0.25, 0.3) is 0 Å². The van der Waals surface area contributed by atoms with Crippen molar-refractivity contribution in [1.82, 2.24) is 9.97 Å². The number of nitrogens with zero attached hydrogens (tertiary/aromatic N) is 2. The molecule has 0 unspecified atom stereocenters. The van der Waals surface area contributed by atoms with Gasteiger partial charge in [-0.25, -0.2) is 9.97 Å². The minimum absolute atomic E-state index is 0.391. The van der Waals surface area contributed by atoms with Gasteiger partial charge in [-0.15, -0.1) is 0 Å². The fraction of sp³-hybridized carbons (Fsp3) is 0.667. The molecule has 1 aromatic rings. The van der Waals surface area contributed by atoms with Crippen LogP contribution in [0.1, 0.15) is 31.5 Å². The molecule has 0 amide bonds. The highest BCUT2D eigenvalue weighted by Crippen LogP contribution is 2.33. The van der Waals surface area contributed by atoms with Crippen LogP contribution in [0, 0.1) is 5.41 Å². The van der Waals surface area contributed by atoms with E-state index in [0.717, 1.165) is 19.4 Å². The number of hydrogen-bond donors (Lipinski definition) is 2. The van der Waals surface area contributed by atoms with Gasteiger partial charge in [0.1, 0.15) is 0 Å². The largest absolute Gasteiger partial charge is 0.353 e. The Labute approximate surface area is 96.7 Å². The van der Waals surface area contributed by atoms with Gasteiger partial charge in [-0.05, 0) is 30.2 Å². The first-order valence-corrected chi connectivity index (χ1v) is 5.89. The number of nitrogens with two attached hydrogens (primary N) is 1. The summed E-state index contributed by atoms with van der Waals surface area (Å²) < 4.78 is 0. The van der Waals surface area contributed by atoms with E-state index in [2.05, 4.69) is 29.1 Å². The second-order valence-corrected chi connectivity index (χ2v) is 5.22. The average molecular weight is 220 g/mol. The molecule has 3 N–H and O–H groups in total. The minimum Gasteiger partial charge on any atom is -0.353 e. The molecule has 16 heavy (non-hydrogen) atoms. The van der Waals surface area contributed by atoms with Crippen molar-refractivity contribution in [3.63, 3.8) is 0 Å². The number of aromatic nitrogens is 2. The maximum atomic E-state index is 5.43. The van der Waals surface area contributed by atoms with Crippen molar-refractivity contribution < 1.29 is 0 Å². The molecular weight excluding hydrogens is 200 g/mol. The number of rotatable bonds is 3. The summed E-state index contributed by atoms with van der Waals surface area (Å²) in [6.07, 6.45) is 5.30. The van der Waals surface area contributed by atoms with Gasteiger partial charge in [0.25, 0.3) is 0 Å². The number of nitrogens with one attached hydrogen (secondary N) is 1. The summed E-state index contributed by atoms with van der Waals surface area (Å²) in [5, 5.41) is 3.12. The number of hydrogen-bond acceptors (Lipinski definition) is 4. The zero-order chi connectivity index (χ0) is 11.6. The fourth-order valence-electron chi connectivity index (χ4n) is 2.14. The lowest BCUT2D eigenvalue weighted by molar-refractivity contribution is 0.311. The third kappa shape index (κ3) is 2.50. The molecule has 0 spiro atoms. The Bertz CT molecular complexity index is 373. The van der Waals surface area contributed by atoms with Gasteiger partial charge in [0.2, 0.25) is 5.95 Å². The molecule has 1 aromatic heterocycles. The SMILES string of the molecule is CC1(C)CCc2nc(NCCN)ncc2C1. The molecule has 0 radical (unpaired) electrons. The van der Waals surface area contributed by atoms with Gasteiger partial charge < -0.3 is 11.1 Å². The van der Waals surface area contributed by atoms with Gasteiger partial charge in [-0.2, -0.15) is 0 Å². The summed E-state index contributed by atoms with van der Waals surface area (Å²) in [5.41, 5.74) is 8.33. The Morgan fingerprint density at radius 3 is 3.06 bits per heavy atom. The van der Waals surface area contributed by atoms with Gasteiger partial charge in [0, 0.05) is 25.0 Å². The van der Waals surface area contributed by atoms with Crippen molar-refractivity contribution in [3.05, 3.63) is 17.5 Å². The highest BCUT2D eigenvalue weighted by Gasteiger charge is 2.26. The van der Waals surface area contributed by atoms with E-state index in [9.17, 15) is 0 Å². The lowest BCUT2D eigenvalue weighted by Gasteiger charge is -2.30. The van der Waals surface area contributed by atoms with Gasteiger partial charge in [-0.3, -0.25) is 0 Å². The normalized spacial score (nSPS) is 17.9. The highest BCUT2D eigenvalue weighted by molar-refractivity contribution is 5.31. The minimum atomic E-state index is 0.391.